The van der Waals surface area contributed by atoms with Crippen LogP contribution in [-0.2, 0) is 128 Å². The second-order valence-corrected chi connectivity index (χ2v) is 28.6. The molecule has 9 fully saturated rings. The Morgan fingerprint density at radius 2 is 0.491 bits per heavy atom. The highest BCUT2D eigenvalue weighted by molar-refractivity contribution is 5.73. The monoisotopic (exact) mass is 1620 g/mol. The molecule has 2 saturated carbocycles. The summed E-state index contributed by atoms with van der Waals surface area (Å²) in [7, 11) is 4.82. The lowest BCUT2D eigenvalue weighted by atomic mass is 9.89. The number of quaternary nitrogens is 7. The van der Waals surface area contributed by atoms with Gasteiger partial charge in [0.25, 0.3) is 0 Å². The smallest absolute Gasteiger partial charge is 0.309 e. The first kappa shape index (κ1) is 102. The van der Waals surface area contributed by atoms with E-state index in [1.54, 1.807) is 21.3 Å². The van der Waals surface area contributed by atoms with E-state index < -0.39 is 0 Å². The largest absolute Gasteiger partial charge is 0.460 e. The van der Waals surface area contributed by atoms with E-state index in [1.807, 2.05) is 6.92 Å². The van der Waals surface area contributed by atoms with Gasteiger partial charge in [-0.3, -0.25) is 33.6 Å². The number of ether oxygens (including phenoxy) is 20. The van der Waals surface area contributed by atoms with E-state index in [0.717, 1.165) is 256 Å². The van der Waals surface area contributed by atoms with Crippen molar-refractivity contribution in [3.05, 3.63) is 0 Å². The highest BCUT2D eigenvalue weighted by Crippen LogP contribution is 2.26. The number of nitrogens with one attached hydrogen (secondary N) is 7. The van der Waals surface area contributed by atoms with Gasteiger partial charge in [0, 0.05) is 34.7 Å². The number of rotatable bonds is 42. The van der Waals surface area contributed by atoms with E-state index in [2.05, 4.69) is 0 Å². The van der Waals surface area contributed by atoms with Crippen LogP contribution in [-0.4, -0.2) is 399 Å². The maximum Gasteiger partial charge on any atom is 0.309 e. The van der Waals surface area contributed by atoms with Gasteiger partial charge in [0.15, 0.2) is 0 Å². The summed E-state index contributed by atoms with van der Waals surface area (Å²) in [6.07, 6.45) is 11.6. The van der Waals surface area contributed by atoms with Crippen LogP contribution in [0, 0.1) is 11.8 Å². The zero-order valence-electron chi connectivity index (χ0n) is 69.4. The summed E-state index contributed by atoms with van der Waals surface area (Å²) in [5.41, 5.74) is 0. The fraction of sp³-hybridized carbons (Fsp3) is 0.910. The lowest BCUT2D eigenvalue weighted by molar-refractivity contribution is -0.908. The molecule has 7 saturated heterocycles. The molecular weight excluding hydrogens is 1470 g/mol. The second kappa shape index (κ2) is 72.9. The van der Waals surface area contributed by atoms with E-state index in [0.29, 0.717) is 125 Å². The highest BCUT2D eigenvalue weighted by Gasteiger charge is 2.27. The average molecular weight is 1620 g/mol. The number of methoxy groups -OCH3 is 3. The quantitative estimate of drug-likeness (QED) is 0.0170. The van der Waals surface area contributed by atoms with E-state index in [4.69, 9.17) is 94.7 Å². The maximum absolute atomic E-state index is 11.8. The highest BCUT2D eigenvalue weighted by atomic mass is 16.6. The minimum absolute atomic E-state index is 0.0326. The molecule has 7 N–H and O–H groups in total. The van der Waals surface area contributed by atoms with E-state index >= 15 is 0 Å². The summed E-state index contributed by atoms with van der Waals surface area (Å²) >= 11 is 0. The minimum atomic E-state index is -0.206. The van der Waals surface area contributed by atoms with Crippen molar-refractivity contribution in [2.24, 2.45) is 11.8 Å². The molecule has 0 spiro atoms. The van der Waals surface area contributed by atoms with Gasteiger partial charge in [-0.1, -0.05) is 39.0 Å². The topological polar surface area (TPSA) is 335 Å². The van der Waals surface area contributed by atoms with Gasteiger partial charge < -0.3 is 129 Å². The van der Waals surface area contributed by atoms with Crippen molar-refractivity contribution >= 4 is 41.8 Å². The zero-order chi connectivity index (χ0) is 80.6. The Kier molecular flexibility index (Phi) is 66.2. The zero-order valence-corrected chi connectivity index (χ0v) is 69.4. The summed E-state index contributed by atoms with van der Waals surface area (Å²) in [4.78, 5) is 88.8. The average Bonchev–Trinajstić information content (AvgIpc) is 1.85. The number of hydrogen-bond acceptors (Lipinski definition) is 27. The van der Waals surface area contributed by atoms with Crippen LogP contribution < -0.4 is 34.3 Å². The van der Waals surface area contributed by atoms with Gasteiger partial charge >= 0.3 is 41.8 Å². The summed E-state index contributed by atoms with van der Waals surface area (Å²) in [6, 6.07) is 0. The predicted octanol–water partition coefficient (Wildman–Crippen LogP) is -7.53. The van der Waals surface area contributed by atoms with Gasteiger partial charge in [-0.25, -0.2) is 0 Å². The Balaban J connectivity index is 0.000000341. The normalized spacial score (nSPS) is 19.2. The molecule has 7 aliphatic heterocycles. The molecule has 0 aromatic heterocycles. The van der Waals surface area contributed by atoms with Crippen LogP contribution in [0.2, 0.25) is 0 Å². The SMILES string of the molecule is CC(=O)OCC[NH+]1CCOCC1.CCC(=O)OCC[NH+]1CCOCC1.COCCC(=O)OCC[NH+]1CCOCC1.COCCOCCC(=O)OCC[NH+]1CCOCC1.COCCOCCOCCC(=O)OCC[NH+]1CCOCC1.O=C(OCC[NH+]1CCOCC1)C1CCCC1.O=C(OCC[NH+]1CCOCC1)C1CCCCC1. The first-order chi connectivity index (χ1) is 54.8. The van der Waals surface area contributed by atoms with Crippen molar-refractivity contribution in [3.63, 3.8) is 0 Å². The molecule has 654 valence electrons. The van der Waals surface area contributed by atoms with Crippen molar-refractivity contribution in [3.8, 4) is 0 Å². The number of hydrogen-bond donors (Lipinski definition) is 7. The summed E-state index contributed by atoms with van der Waals surface area (Å²) in [5, 5.41) is 0. The first-order valence-corrected chi connectivity index (χ1v) is 42.0. The third-order valence-electron chi connectivity index (χ3n) is 20.0. The van der Waals surface area contributed by atoms with Crippen LogP contribution in [0.15, 0.2) is 0 Å². The molecule has 0 aromatic rings. The lowest BCUT2D eigenvalue weighted by Gasteiger charge is -2.24. The molecule has 0 radical (unpaired) electrons. The molecule has 0 unspecified atom stereocenters. The molecule has 2 aliphatic carbocycles. The summed E-state index contributed by atoms with van der Waals surface area (Å²) < 4.78 is 103. The van der Waals surface area contributed by atoms with Gasteiger partial charge in [0.1, 0.15) is 184 Å². The summed E-state index contributed by atoms with van der Waals surface area (Å²) in [5.74, 6) is -0.423. The number of carbonyl (C=O) groups is 7. The Hall–Kier alpha value is -4.51. The molecule has 0 bridgehead atoms. The Bertz CT molecular complexity index is 2260. The fourth-order valence-corrected chi connectivity index (χ4v) is 12.8. The molecule has 34 nitrogen and oxygen atoms in total. The van der Waals surface area contributed by atoms with Crippen molar-refractivity contribution < 1.29 is 163 Å². The van der Waals surface area contributed by atoms with Crippen molar-refractivity contribution in [1.29, 1.82) is 0 Å². The predicted molar refractivity (Wildman–Crippen MR) is 408 cm³/mol. The molecule has 112 heavy (non-hydrogen) atoms. The van der Waals surface area contributed by atoms with Gasteiger partial charge in [0.05, 0.1) is 183 Å². The fourth-order valence-electron chi connectivity index (χ4n) is 12.8. The second-order valence-electron chi connectivity index (χ2n) is 28.6. The molecule has 0 amide bonds. The Morgan fingerprint density at radius 3 is 0.750 bits per heavy atom. The molecule has 0 aromatic carbocycles. The number of morpholine rings is 7. The first-order valence-electron chi connectivity index (χ1n) is 42.0. The molecule has 9 aliphatic rings. The van der Waals surface area contributed by atoms with Gasteiger partial charge in [-0.15, -0.1) is 0 Å². The third kappa shape index (κ3) is 59.2. The van der Waals surface area contributed by atoms with Gasteiger partial charge in [0.2, 0.25) is 0 Å². The maximum atomic E-state index is 11.8. The number of esters is 7. The summed E-state index contributed by atoms with van der Waals surface area (Å²) in [6.45, 7) is 43.4. The molecule has 7 heterocycles. The van der Waals surface area contributed by atoms with Crippen molar-refractivity contribution in [2.75, 3.05) is 357 Å². The van der Waals surface area contributed by atoms with Crippen LogP contribution >= 0.6 is 0 Å². The molecular formula is C78H152N7O27+7. The molecule has 0 atom stereocenters. The van der Waals surface area contributed by atoms with Crippen molar-refractivity contribution in [2.45, 2.75) is 97.3 Å². The van der Waals surface area contributed by atoms with E-state index in [1.165, 1.54) is 73.3 Å². The number of carbonyl (C=O) groups excluding carboxylic acids is 7. The van der Waals surface area contributed by atoms with Crippen LogP contribution in [0.25, 0.3) is 0 Å². The Labute approximate surface area is 668 Å². The standard InChI is InChI=1S/C14H27NO6.C13H23NO3.C12H23NO5.C12H21NO3.C10H19NO4.C9H17NO3.C8H15NO3/c1-17-10-11-20-13-12-18-6-2-14(16)21-9-5-15-3-7-19-8-4-15;15-13(12-4-2-1-3-5-12)17-11-8-14-6-9-16-10-7-14;1-15-10-11-16-6-2-12(14)18-9-5-13-3-7-17-8-4-13;14-12(11-3-1-2-4-11)16-10-7-13-5-8-15-9-6-13;1-13-6-2-10(12)15-9-5-11-3-7-14-8-4-11;1-2-9(11)13-8-5-10-3-6-12-7-4-10;1-8(10)12-7-4-9-2-5-11-6-3-9/h2-13H2,1H3;12H,1-11H2;2-11H2,1H3;11H,1-10H2;2-9H2,1H3;2-8H2,1H3;2-7H2,1H3/p+7. The lowest BCUT2D eigenvalue weighted by Crippen LogP contribution is -3.14. The minimum Gasteiger partial charge on any atom is -0.460 e. The molecule has 34 heteroatoms. The van der Waals surface area contributed by atoms with Crippen LogP contribution in [0.3, 0.4) is 0 Å². The van der Waals surface area contributed by atoms with Crippen molar-refractivity contribution in [1.82, 2.24) is 0 Å². The van der Waals surface area contributed by atoms with Crippen LogP contribution in [0.4, 0.5) is 0 Å². The van der Waals surface area contributed by atoms with Crippen LogP contribution in [0.5, 0.6) is 0 Å². The van der Waals surface area contributed by atoms with Crippen LogP contribution in [0.1, 0.15) is 97.3 Å². The van der Waals surface area contributed by atoms with Gasteiger partial charge in [-0.2, -0.15) is 0 Å². The van der Waals surface area contributed by atoms with E-state index in [-0.39, 0.29) is 60.0 Å². The molecule has 9 rings (SSSR count). The Morgan fingerprint density at radius 1 is 0.268 bits per heavy atom. The van der Waals surface area contributed by atoms with Gasteiger partial charge in [-0.05, 0) is 25.7 Å². The van der Waals surface area contributed by atoms with E-state index in [9.17, 15) is 33.6 Å². The third-order valence-corrected chi connectivity index (χ3v) is 20.0.